The van der Waals surface area contributed by atoms with Crippen molar-refractivity contribution in [3.05, 3.63) is 23.5 Å². The number of rotatable bonds is 7. The molecule has 1 aromatic heterocycles. The van der Waals surface area contributed by atoms with Crippen molar-refractivity contribution < 1.29 is 27.1 Å². The summed E-state index contributed by atoms with van der Waals surface area (Å²) in [6.45, 7) is 7.41. The number of methoxy groups -OCH3 is 1. The average Bonchev–Trinajstić information content (AvgIpc) is 2.41. The first kappa shape index (κ1) is 21.5. The number of hydrogen-bond donors (Lipinski definition) is 1. The smallest absolute Gasteiger partial charge is 0.332 e. The molecule has 0 aliphatic heterocycles. The van der Waals surface area contributed by atoms with Gasteiger partial charge in [-0.25, -0.2) is 22.3 Å². The predicted octanol–water partition coefficient (Wildman–Crippen LogP) is 2.06. The molecule has 0 spiro atoms. The van der Waals surface area contributed by atoms with Gasteiger partial charge < -0.3 is 9.47 Å². The Morgan fingerprint density at radius 1 is 1.40 bits per heavy atom. The summed E-state index contributed by atoms with van der Waals surface area (Å²) in [5.74, 6) is -0.813. The molecule has 0 bridgehead atoms. The molecule has 0 saturated heterocycles. The Hall–Kier alpha value is -1.58. The molecule has 2 atom stereocenters. The maximum Gasteiger partial charge on any atom is 0.332 e. The predicted molar refractivity (Wildman–Crippen MR) is 90.3 cm³/mol. The van der Waals surface area contributed by atoms with Crippen LogP contribution in [0.5, 0.6) is 0 Å². The zero-order valence-electron chi connectivity index (χ0n) is 15.3. The molecule has 1 N–H and O–H groups in total. The Morgan fingerprint density at radius 3 is 2.48 bits per heavy atom. The first-order chi connectivity index (χ1) is 11.4. The fourth-order valence-corrected chi connectivity index (χ4v) is 4.08. The van der Waals surface area contributed by atoms with Crippen molar-refractivity contribution in [2.75, 3.05) is 13.7 Å². The SMILES string of the molecule is COCC(=O)OC(c1nccc(C)c1S(=O)(=O)NC(C)(C)C)C(C)F. The van der Waals surface area contributed by atoms with Crippen molar-refractivity contribution in [3.8, 4) is 0 Å². The number of aromatic nitrogens is 1. The number of hydrogen-bond acceptors (Lipinski definition) is 6. The molecule has 9 heteroatoms. The van der Waals surface area contributed by atoms with E-state index in [9.17, 15) is 17.6 Å². The van der Waals surface area contributed by atoms with Crippen LogP contribution in [0.1, 0.15) is 45.1 Å². The van der Waals surface area contributed by atoms with E-state index in [4.69, 9.17) is 4.74 Å². The maximum atomic E-state index is 14.1. The molecule has 0 saturated carbocycles. The zero-order valence-corrected chi connectivity index (χ0v) is 16.1. The van der Waals surface area contributed by atoms with Crippen molar-refractivity contribution in [3.63, 3.8) is 0 Å². The van der Waals surface area contributed by atoms with Gasteiger partial charge in [-0.2, -0.15) is 0 Å². The molecule has 2 unspecified atom stereocenters. The Bertz CT molecular complexity index is 714. The number of carbonyl (C=O) groups excluding carboxylic acids is 1. The quantitative estimate of drug-likeness (QED) is 0.732. The van der Waals surface area contributed by atoms with E-state index in [2.05, 4.69) is 14.4 Å². The Kier molecular flexibility index (Phi) is 7.04. The number of carbonyl (C=O) groups is 1. The third-order valence-electron chi connectivity index (χ3n) is 3.05. The van der Waals surface area contributed by atoms with Gasteiger partial charge in [0.25, 0.3) is 0 Å². The van der Waals surface area contributed by atoms with Crippen molar-refractivity contribution in [1.29, 1.82) is 0 Å². The van der Waals surface area contributed by atoms with Crippen molar-refractivity contribution >= 4 is 16.0 Å². The highest BCUT2D eigenvalue weighted by molar-refractivity contribution is 7.89. The lowest BCUT2D eigenvalue weighted by Crippen LogP contribution is -2.41. The highest BCUT2D eigenvalue weighted by atomic mass is 32.2. The third kappa shape index (κ3) is 6.02. The number of aryl methyl sites for hydroxylation is 1. The van der Waals surface area contributed by atoms with Crippen LogP contribution in [0.15, 0.2) is 17.2 Å². The lowest BCUT2D eigenvalue weighted by molar-refractivity contribution is -0.157. The second-order valence-electron chi connectivity index (χ2n) is 6.72. The second-order valence-corrected chi connectivity index (χ2v) is 8.34. The number of alkyl halides is 1. The Balaban J connectivity index is 3.44. The molecule has 1 aromatic rings. The molecule has 0 amide bonds. The van der Waals surface area contributed by atoms with E-state index in [1.54, 1.807) is 27.7 Å². The summed E-state index contributed by atoms with van der Waals surface area (Å²) in [6, 6.07) is 1.50. The van der Waals surface area contributed by atoms with Crippen LogP contribution < -0.4 is 4.72 Å². The fourth-order valence-electron chi connectivity index (χ4n) is 2.23. The maximum absolute atomic E-state index is 14.1. The van der Waals surface area contributed by atoms with Crippen LogP contribution in [-0.4, -0.2) is 44.8 Å². The van der Waals surface area contributed by atoms with E-state index >= 15 is 0 Å². The van der Waals surface area contributed by atoms with Crippen LogP contribution >= 0.6 is 0 Å². The number of halogens is 1. The van der Waals surface area contributed by atoms with Gasteiger partial charge in [0.1, 0.15) is 23.4 Å². The van der Waals surface area contributed by atoms with Gasteiger partial charge >= 0.3 is 5.97 Å². The molecule has 0 aliphatic carbocycles. The van der Waals surface area contributed by atoms with Gasteiger partial charge in [-0.05, 0) is 46.2 Å². The van der Waals surface area contributed by atoms with Crippen LogP contribution in [0.3, 0.4) is 0 Å². The van der Waals surface area contributed by atoms with Crippen LogP contribution in [0, 0.1) is 6.92 Å². The molecule has 0 fully saturated rings. The summed E-state index contributed by atoms with van der Waals surface area (Å²) in [5, 5.41) is 0. The third-order valence-corrected chi connectivity index (χ3v) is 5.00. The number of nitrogens with zero attached hydrogens (tertiary/aromatic N) is 1. The molecule has 142 valence electrons. The standard InChI is InChI=1S/C16H25FN2O5S/c1-10-7-8-18-13(14(11(2)17)24-12(20)9-23-6)15(10)25(21,22)19-16(3,4)5/h7-8,11,14,19H,9H2,1-6H3. The summed E-state index contributed by atoms with van der Waals surface area (Å²) in [6.07, 6.45) is -1.78. The van der Waals surface area contributed by atoms with Gasteiger partial charge in [-0.1, -0.05) is 0 Å². The van der Waals surface area contributed by atoms with Crippen LogP contribution in [0.2, 0.25) is 0 Å². The average molecular weight is 376 g/mol. The molecule has 0 aromatic carbocycles. The van der Waals surface area contributed by atoms with Crippen LogP contribution in [-0.2, 0) is 24.3 Å². The molecule has 7 nitrogen and oxygen atoms in total. The van der Waals surface area contributed by atoms with Crippen molar-refractivity contribution in [2.24, 2.45) is 0 Å². The number of nitrogens with one attached hydrogen (secondary N) is 1. The Labute approximate surface area is 148 Å². The fraction of sp³-hybridized carbons (Fsp3) is 0.625. The van der Waals surface area contributed by atoms with Crippen molar-refractivity contribution in [1.82, 2.24) is 9.71 Å². The normalized spacial score (nSPS) is 14.8. The second kappa shape index (κ2) is 8.20. The van der Waals surface area contributed by atoms with Gasteiger partial charge in [-0.3, -0.25) is 4.98 Å². The number of ether oxygens (including phenoxy) is 2. The largest absolute Gasteiger partial charge is 0.451 e. The van der Waals surface area contributed by atoms with E-state index in [1.807, 2.05) is 0 Å². The first-order valence-electron chi connectivity index (χ1n) is 7.71. The van der Waals surface area contributed by atoms with Crippen molar-refractivity contribution in [2.45, 2.75) is 57.3 Å². The van der Waals surface area contributed by atoms with Crippen LogP contribution in [0.25, 0.3) is 0 Å². The first-order valence-corrected chi connectivity index (χ1v) is 9.19. The lowest BCUT2D eigenvalue weighted by atomic mass is 10.1. The zero-order chi connectivity index (χ0) is 19.4. The van der Waals surface area contributed by atoms with E-state index in [0.29, 0.717) is 5.56 Å². The lowest BCUT2D eigenvalue weighted by Gasteiger charge is -2.25. The Morgan fingerprint density at radius 2 is 2.00 bits per heavy atom. The highest BCUT2D eigenvalue weighted by Gasteiger charge is 2.34. The highest BCUT2D eigenvalue weighted by Crippen LogP contribution is 2.30. The van der Waals surface area contributed by atoms with Crippen LogP contribution in [0.4, 0.5) is 4.39 Å². The van der Waals surface area contributed by atoms with E-state index in [0.717, 1.165) is 0 Å². The molecule has 25 heavy (non-hydrogen) atoms. The molecule has 1 rings (SSSR count). The summed E-state index contributed by atoms with van der Waals surface area (Å²) in [4.78, 5) is 15.5. The molecule has 1 heterocycles. The minimum atomic E-state index is -4.01. The number of sulfonamides is 1. The summed E-state index contributed by atoms with van der Waals surface area (Å²) in [5.41, 5.74) is -0.534. The monoisotopic (exact) mass is 376 g/mol. The number of pyridine rings is 1. The minimum absolute atomic E-state index is 0.156. The summed E-state index contributed by atoms with van der Waals surface area (Å²) >= 11 is 0. The topological polar surface area (TPSA) is 94.6 Å². The van der Waals surface area contributed by atoms with Gasteiger partial charge in [-0.15, -0.1) is 0 Å². The summed E-state index contributed by atoms with van der Waals surface area (Å²) < 4.78 is 51.9. The molecule has 0 aliphatic rings. The van der Waals surface area contributed by atoms with Gasteiger partial charge in [0.15, 0.2) is 6.10 Å². The van der Waals surface area contributed by atoms with Gasteiger partial charge in [0.05, 0.1) is 0 Å². The van der Waals surface area contributed by atoms with E-state index < -0.39 is 33.8 Å². The van der Waals surface area contributed by atoms with E-state index in [-0.39, 0.29) is 17.2 Å². The van der Waals surface area contributed by atoms with Gasteiger partial charge in [0, 0.05) is 18.8 Å². The summed E-state index contributed by atoms with van der Waals surface area (Å²) in [7, 11) is -2.71. The van der Waals surface area contributed by atoms with E-state index in [1.165, 1.54) is 26.3 Å². The molecular weight excluding hydrogens is 351 g/mol. The minimum Gasteiger partial charge on any atom is -0.451 e. The number of esters is 1. The van der Waals surface area contributed by atoms with Gasteiger partial charge in [0.2, 0.25) is 10.0 Å². The molecule has 0 radical (unpaired) electrons. The molecular formula is C16H25FN2O5S.